The van der Waals surface area contributed by atoms with Gasteiger partial charge in [0, 0.05) is 25.6 Å². The van der Waals surface area contributed by atoms with Gasteiger partial charge in [0.15, 0.2) is 0 Å². The Hall–Kier alpha value is -0.610. The first-order valence-electron chi connectivity index (χ1n) is 9.36. The summed E-state index contributed by atoms with van der Waals surface area (Å²) in [5.41, 5.74) is 0.542. The van der Waals surface area contributed by atoms with Gasteiger partial charge in [-0.25, -0.2) is 0 Å². The van der Waals surface area contributed by atoms with Gasteiger partial charge >= 0.3 is 0 Å². The summed E-state index contributed by atoms with van der Waals surface area (Å²) in [5, 5.41) is 3.45. The topological polar surface area (TPSA) is 35.6 Å². The Kier molecular flexibility index (Phi) is 3.73. The molecule has 1 N–H and O–H groups in total. The number of nitrogens with one attached hydrogen (secondary N) is 1. The van der Waals surface area contributed by atoms with E-state index < -0.39 is 0 Å². The Bertz CT molecular complexity index is 438. The largest absolute Gasteiger partial charge is 0.334 e. The van der Waals surface area contributed by atoms with Crippen molar-refractivity contribution in [3.05, 3.63) is 0 Å². The van der Waals surface area contributed by atoms with Crippen molar-refractivity contribution in [2.24, 2.45) is 11.3 Å². The van der Waals surface area contributed by atoms with Crippen LogP contribution in [0.2, 0.25) is 0 Å². The molecule has 1 amide bonds. The van der Waals surface area contributed by atoms with Crippen LogP contribution in [0.25, 0.3) is 0 Å². The highest BCUT2D eigenvalue weighted by Crippen LogP contribution is 2.59. The van der Waals surface area contributed by atoms with Crippen molar-refractivity contribution in [1.82, 2.24) is 15.1 Å². The number of hydrogen-bond acceptors (Lipinski definition) is 3. The Morgan fingerprint density at radius 2 is 1.77 bits per heavy atom. The van der Waals surface area contributed by atoms with Gasteiger partial charge in [-0.1, -0.05) is 19.3 Å². The van der Waals surface area contributed by atoms with Gasteiger partial charge in [-0.05, 0) is 57.7 Å². The second-order valence-corrected chi connectivity index (χ2v) is 8.38. The first-order chi connectivity index (χ1) is 10.7. The van der Waals surface area contributed by atoms with Crippen LogP contribution in [0.15, 0.2) is 0 Å². The molecular weight excluding hydrogens is 274 g/mol. The fourth-order valence-electron chi connectivity index (χ4n) is 5.52. The molecule has 2 aliphatic carbocycles. The highest BCUT2D eigenvalue weighted by atomic mass is 16.2. The summed E-state index contributed by atoms with van der Waals surface area (Å²) >= 11 is 0. The maximum absolute atomic E-state index is 13.3. The molecular formula is C18H31N3O. The molecule has 4 nitrogen and oxygen atoms in total. The average molecular weight is 305 g/mol. The van der Waals surface area contributed by atoms with Crippen LogP contribution in [0.4, 0.5) is 0 Å². The van der Waals surface area contributed by atoms with Crippen LogP contribution in [0.5, 0.6) is 0 Å². The monoisotopic (exact) mass is 305 g/mol. The van der Waals surface area contributed by atoms with Crippen LogP contribution in [-0.4, -0.2) is 61.0 Å². The number of carbonyl (C=O) groups is 1. The quantitative estimate of drug-likeness (QED) is 0.803. The van der Waals surface area contributed by atoms with Gasteiger partial charge in [-0.3, -0.25) is 4.79 Å². The number of rotatable bonds is 1. The van der Waals surface area contributed by atoms with E-state index in [-0.39, 0.29) is 5.54 Å². The van der Waals surface area contributed by atoms with Crippen molar-refractivity contribution >= 4 is 5.91 Å². The summed E-state index contributed by atoms with van der Waals surface area (Å²) in [6.45, 7) is 5.32. The van der Waals surface area contributed by atoms with Crippen molar-refractivity contribution in [3.63, 3.8) is 0 Å². The minimum Gasteiger partial charge on any atom is -0.334 e. The summed E-state index contributed by atoms with van der Waals surface area (Å²) in [6, 6.07) is 0. The Morgan fingerprint density at radius 3 is 2.50 bits per heavy atom. The highest BCUT2D eigenvalue weighted by Gasteiger charge is 2.60. The minimum absolute atomic E-state index is 0.166. The lowest BCUT2D eigenvalue weighted by Gasteiger charge is -2.52. The molecule has 2 spiro atoms. The van der Waals surface area contributed by atoms with E-state index in [4.69, 9.17) is 0 Å². The number of piperidine rings is 1. The smallest absolute Gasteiger partial charge is 0.226 e. The molecule has 2 heterocycles. The third kappa shape index (κ3) is 2.39. The van der Waals surface area contributed by atoms with Crippen molar-refractivity contribution in [2.45, 2.75) is 56.9 Å². The number of amides is 1. The molecule has 4 fully saturated rings. The van der Waals surface area contributed by atoms with Crippen LogP contribution in [0.1, 0.15) is 51.4 Å². The van der Waals surface area contributed by atoms with Crippen molar-refractivity contribution in [2.75, 3.05) is 39.8 Å². The second kappa shape index (κ2) is 5.48. The summed E-state index contributed by atoms with van der Waals surface area (Å²) in [6.07, 6.45) is 10.0. The predicted octanol–water partition coefficient (Wildman–Crippen LogP) is 1.85. The van der Waals surface area contributed by atoms with Gasteiger partial charge in [0.05, 0.1) is 5.54 Å². The number of piperazine rings is 1. The standard InChI is InChI=1S/C18H31N3O/c1-20-11-12-21(18(14-20)5-3-2-4-6-18)16(22)15-13-17(15)7-9-19-10-8-17/h15,19H,2-14H2,1H3. The summed E-state index contributed by atoms with van der Waals surface area (Å²) in [4.78, 5) is 18.1. The van der Waals surface area contributed by atoms with Gasteiger partial charge in [-0.15, -0.1) is 0 Å². The zero-order chi connectivity index (χ0) is 15.2. The van der Waals surface area contributed by atoms with Crippen molar-refractivity contribution in [1.29, 1.82) is 0 Å². The van der Waals surface area contributed by atoms with Crippen LogP contribution < -0.4 is 5.32 Å². The van der Waals surface area contributed by atoms with Gasteiger partial charge in [-0.2, -0.15) is 0 Å². The second-order valence-electron chi connectivity index (χ2n) is 8.38. The lowest BCUT2D eigenvalue weighted by molar-refractivity contribution is -0.146. The Labute approximate surface area is 134 Å². The summed E-state index contributed by atoms with van der Waals surface area (Å²) < 4.78 is 0. The first kappa shape index (κ1) is 14.9. The minimum atomic E-state index is 0.166. The number of carbonyl (C=O) groups excluding carboxylic acids is 1. The zero-order valence-electron chi connectivity index (χ0n) is 14.1. The van der Waals surface area contributed by atoms with Crippen LogP contribution in [0, 0.1) is 11.3 Å². The summed E-state index contributed by atoms with van der Waals surface area (Å²) in [5.74, 6) is 0.855. The van der Waals surface area contributed by atoms with E-state index in [1.165, 1.54) is 44.9 Å². The van der Waals surface area contributed by atoms with Crippen LogP contribution in [0.3, 0.4) is 0 Å². The molecule has 0 aromatic rings. The SMILES string of the molecule is CN1CCN(C(=O)C2CC23CCNCC3)C2(CCCCC2)C1. The molecule has 22 heavy (non-hydrogen) atoms. The predicted molar refractivity (Wildman–Crippen MR) is 87.7 cm³/mol. The molecule has 2 aliphatic heterocycles. The number of nitrogens with zero attached hydrogens (tertiary/aromatic N) is 2. The molecule has 0 aromatic carbocycles. The lowest BCUT2D eigenvalue weighted by Crippen LogP contribution is -2.64. The van der Waals surface area contributed by atoms with Crippen LogP contribution >= 0.6 is 0 Å². The molecule has 0 bridgehead atoms. The normalized spacial score (nSPS) is 34.0. The average Bonchev–Trinajstić information content (AvgIpc) is 3.21. The Morgan fingerprint density at radius 1 is 1.05 bits per heavy atom. The molecule has 1 unspecified atom stereocenters. The van der Waals surface area contributed by atoms with E-state index in [2.05, 4.69) is 22.2 Å². The van der Waals surface area contributed by atoms with E-state index >= 15 is 0 Å². The molecule has 124 valence electrons. The molecule has 0 radical (unpaired) electrons. The highest BCUT2D eigenvalue weighted by molar-refractivity contribution is 5.83. The third-order valence-corrected chi connectivity index (χ3v) is 6.98. The van der Waals surface area contributed by atoms with Gasteiger partial charge in [0.2, 0.25) is 5.91 Å². The molecule has 4 rings (SSSR count). The molecule has 0 aromatic heterocycles. The fourth-order valence-corrected chi connectivity index (χ4v) is 5.52. The number of likely N-dealkylation sites (N-methyl/N-ethyl adjacent to an activating group) is 1. The molecule has 2 saturated carbocycles. The van der Waals surface area contributed by atoms with Gasteiger partial charge in [0.1, 0.15) is 0 Å². The fraction of sp³-hybridized carbons (Fsp3) is 0.944. The van der Waals surface area contributed by atoms with Crippen LogP contribution in [-0.2, 0) is 4.79 Å². The summed E-state index contributed by atoms with van der Waals surface area (Å²) in [7, 11) is 2.23. The van der Waals surface area contributed by atoms with Crippen molar-refractivity contribution < 1.29 is 4.79 Å². The Balaban J connectivity index is 1.51. The third-order valence-electron chi connectivity index (χ3n) is 6.98. The van der Waals surface area contributed by atoms with E-state index in [0.29, 0.717) is 17.2 Å². The van der Waals surface area contributed by atoms with Gasteiger partial charge in [0.25, 0.3) is 0 Å². The maximum Gasteiger partial charge on any atom is 0.226 e. The van der Waals surface area contributed by atoms with E-state index in [1.54, 1.807) is 0 Å². The van der Waals surface area contributed by atoms with E-state index in [0.717, 1.165) is 39.1 Å². The maximum atomic E-state index is 13.3. The van der Waals surface area contributed by atoms with E-state index in [9.17, 15) is 4.79 Å². The first-order valence-corrected chi connectivity index (χ1v) is 9.36. The lowest BCUT2D eigenvalue weighted by atomic mass is 9.78. The molecule has 1 atom stereocenters. The number of hydrogen-bond donors (Lipinski definition) is 1. The van der Waals surface area contributed by atoms with Crippen molar-refractivity contribution in [3.8, 4) is 0 Å². The molecule has 2 saturated heterocycles. The molecule has 4 aliphatic rings. The molecule has 4 heteroatoms. The van der Waals surface area contributed by atoms with E-state index in [1.807, 2.05) is 0 Å². The van der Waals surface area contributed by atoms with Gasteiger partial charge < -0.3 is 15.1 Å². The zero-order valence-corrected chi connectivity index (χ0v) is 14.1.